The van der Waals surface area contributed by atoms with Crippen molar-refractivity contribution in [2.24, 2.45) is 0 Å². The van der Waals surface area contributed by atoms with Gasteiger partial charge in [0, 0.05) is 12.1 Å². The number of ether oxygens (including phenoxy) is 1. The Hall–Kier alpha value is -3.40. The Kier molecular flexibility index (Phi) is 9.19. The number of benzene rings is 2. The van der Waals surface area contributed by atoms with Crippen LogP contribution in [0, 0.1) is 5.21 Å². The molecule has 0 saturated carbocycles. The molecular weight excluding hydrogens is 478 g/mol. The van der Waals surface area contributed by atoms with Crippen LogP contribution < -0.4 is 13.8 Å². The number of pyridine rings is 1. The maximum Gasteiger partial charge on any atom is 0.270 e. The van der Waals surface area contributed by atoms with E-state index in [-0.39, 0.29) is 29.5 Å². The normalized spacial score (nSPS) is 11.3. The zero-order valence-electron chi connectivity index (χ0n) is 19.0. The molecule has 0 aliphatic heterocycles. The fourth-order valence-electron chi connectivity index (χ4n) is 3.12. The number of sulfonamides is 1. The highest BCUT2D eigenvalue weighted by molar-refractivity contribution is 7.93. The summed E-state index contributed by atoms with van der Waals surface area (Å²) < 4.78 is 33.8. The third-order valence-corrected chi connectivity index (χ3v) is 6.46. The lowest BCUT2D eigenvalue weighted by atomic mass is 10.1. The zero-order valence-corrected chi connectivity index (χ0v) is 20.6. The van der Waals surface area contributed by atoms with E-state index in [4.69, 9.17) is 4.74 Å². The van der Waals surface area contributed by atoms with Gasteiger partial charge in [0.2, 0.25) is 0 Å². The Balaban J connectivity index is 0.00000408. The van der Waals surface area contributed by atoms with E-state index < -0.39 is 15.9 Å². The van der Waals surface area contributed by atoms with Gasteiger partial charge in [-0.1, -0.05) is 30.4 Å². The van der Waals surface area contributed by atoms with Gasteiger partial charge in [-0.05, 0) is 55.6 Å². The van der Waals surface area contributed by atoms with Gasteiger partial charge >= 0.3 is 0 Å². The highest BCUT2D eigenvalue weighted by Crippen LogP contribution is 2.29. The molecule has 0 saturated heterocycles. The number of para-hydroxylation sites is 1. The molecule has 8 nitrogen and oxygen atoms in total. The van der Waals surface area contributed by atoms with Crippen LogP contribution in [-0.2, 0) is 14.8 Å². The lowest BCUT2D eigenvalue weighted by molar-refractivity contribution is -0.605. The molecule has 0 spiro atoms. The first-order valence-electron chi connectivity index (χ1n) is 10.1. The summed E-state index contributed by atoms with van der Waals surface area (Å²) >= 11 is 0. The fraction of sp³-hybridized carbons (Fsp3) is 0.167. The molecule has 0 aliphatic carbocycles. The van der Waals surface area contributed by atoms with Gasteiger partial charge in [0.1, 0.15) is 5.75 Å². The predicted molar refractivity (Wildman–Crippen MR) is 134 cm³/mol. The minimum Gasteiger partial charge on any atom is -0.619 e. The van der Waals surface area contributed by atoms with Gasteiger partial charge in [-0.2, -0.15) is 4.73 Å². The minimum atomic E-state index is -4.21. The molecule has 0 aliphatic rings. The number of carbonyl (C=O) groups is 1. The van der Waals surface area contributed by atoms with Gasteiger partial charge in [-0.25, -0.2) is 12.7 Å². The predicted octanol–water partition coefficient (Wildman–Crippen LogP) is 3.20. The van der Waals surface area contributed by atoms with E-state index in [9.17, 15) is 18.4 Å². The second-order valence-electron chi connectivity index (χ2n) is 7.46. The van der Waals surface area contributed by atoms with Gasteiger partial charge < -0.3 is 14.8 Å². The standard InChI is InChI=1S/C24H25N3O5S.ClH/c1-25(2)18-24(28)27(33(30,31)22-12-10-21(32-3)11-13-22)23-7-5-4-6-20(23)9-8-19-14-16-26(29)17-15-19;/h4-17H,18H2,1-3H3;1H. The van der Waals surface area contributed by atoms with Crippen molar-refractivity contribution in [2.75, 3.05) is 32.1 Å². The molecule has 0 atom stereocenters. The van der Waals surface area contributed by atoms with Crippen molar-refractivity contribution in [1.29, 1.82) is 0 Å². The maximum atomic E-state index is 13.6. The Morgan fingerprint density at radius 3 is 2.21 bits per heavy atom. The summed E-state index contributed by atoms with van der Waals surface area (Å²) in [7, 11) is 0.664. The van der Waals surface area contributed by atoms with Crippen molar-refractivity contribution >= 4 is 46.2 Å². The number of rotatable bonds is 8. The molecule has 2 aromatic carbocycles. The number of aromatic nitrogens is 1. The Morgan fingerprint density at radius 2 is 1.62 bits per heavy atom. The molecule has 0 unspecified atom stereocenters. The largest absolute Gasteiger partial charge is 0.619 e. The summed E-state index contributed by atoms with van der Waals surface area (Å²) in [6, 6.07) is 15.9. The number of amides is 1. The van der Waals surface area contributed by atoms with Crippen LogP contribution >= 0.6 is 12.4 Å². The highest BCUT2D eigenvalue weighted by Gasteiger charge is 2.32. The van der Waals surface area contributed by atoms with Crippen molar-refractivity contribution in [3.63, 3.8) is 0 Å². The molecule has 180 valence electrons. The van der Waals surface area contributed by atoms with Crippen molar-refractivity contribution in [3.05, 3.63) is 89.4 Å². The van der Waals surface area contributed by atoms with Crippen LogP contribution in [-0.4, -0.2) is 47.0 Å². The van der Waals surface area contributed by atoms with Crippen LogP contribution in [0.4, 0.5) is 5.69 Å². The molecule has 1 aromatic heterocycles. The summed E-state index contributed by atoms with van der Waals surface area (Å²) in [5, 5.41) is 11.3. The molecule has 0 N–H and O–H groups in total. The number of methoxy groups -OCH3 is 1. The quantitative estimate of drug-likeness (QED) is 0.346. The Labute approximate surface area is 205 Å². The number of halogens is 1. The fourth-order valence-corrected chi connectivity index (χ4v) is 4.56. The van der Waals surface area contributed by atoms with E-state index in [1.54, 1.807) is 67.5 Å². The van der Waals surface area contributed by atoms with Crippen molar-refractivity contribution in [1.82, 2.24) is 4.90 Å². The topological polar surface area (TPSA) is 93.9 Å². The first-order chi connectivity index (χ1) is 15.7. The molecular formula is C24H26ClN3O5S. The number of hydrogen-bond acceptors (Lipinski definition) is 6. The number of carbonyl (C=O) groups excluding carboxylic acids is 1. The molecule has 3 rings (SSSR count). The molecule has 10 heteroatoms. The molecule has 0 fully saturated rings. The summed E-state index contributed by atoms with van der Waals surface area (Å²) in [6.07, 6.45) is 6.19. The van der Waals surface area contributed by atoms with Gasteiger partial charge in [0.15, 0.2) is 12.4 Å². The average molecular weight is 504 g/mol. The summed E-state index contributed by atoms with van der Waals surface area (Å²) in [4.78, 5) is 14.8. The third-order valence-electron chi connectivity index (χ3n) is 4.71. The lowest BCUT2D eigenvalue weighted by Gasteiger charge is -2.25. The van der Waals surface area contributed by atoms with Gasteiger partial charge in [-0.15, -0.1) is 12.4 Å². The Bertz CT molecular complexity index is 1240. The molecule has 3 aromatic rings. The number of anilines is 1. The van der Waals surface area contributed by atoms with Crippen molar-refractivity contribution < 1.29 is 22.7 Å². The first-order valence-corrected chi connectivity index (χ1v) is 11.5. The van der Waals surface area contributed by atoms with E-state index in [1.807, 2.05) is 0 Å². The Morgan fingerprint density at radius 1 is 1.00 bits per heavy atom. The van der Waals surface area contributed by atoms with E-state index in [0.29, 0.717) is 16.0 Å². The van der Waals surface area contributed by atoms with Gasteiger partial charge in [0.25, 0.3) is 15.9 Å². The second kappa shape index (κ2) is 11.6. The third kappa shape index (κ3) is 6.34. The smallest absolute Gasteiger partial charge is 0.270 e. The number of nitrogens with zero attached hydrogens (tertiary/aromatic N) is 3. The lowest BCUT2D eigenvalue weighted by Crippen LogP contribution is -2.42. The molecule has 1 amide bonds. The molecule has 34 heavy (non-hydrogen) atoms. The second-order valence-corrected chi connectivity index (χ2v) is 9.25. The molecule has 1 heterocycles. The van der Waals surface area contributed by atoms with Gasteiger partial charge in [-0.3, -0.25) is 4.79 Å². The zero-order chi connectivity index (χ0) is 24.0. The first kappa shape index (κ1) is 26.8. The van der Waals surface area contributed by atoms with Crippen molar-refractivity contribution in [3.8, 4) is 5.75 Å². The van der Waals surface area contributed by atoms with E-state index in [2.05, 4.69) is 0 Å². The summed E-state index contributed by atoms with van der Waals surface area (Å²) in [5.41, 5.74) is 1.51. The van der Waals surface area contributed by atoms with Gasteiger partial charge in [0.05, 0.1) is 24.2 Å². The minimum absolute atomic E-state index is 0. The van der Waals surface area contributed by atoms with Crippen LogP contribution in [0.25, 0.3) is 12.2 Å². The highest BCUT2D eigenvalue weighted by atomic mass is 35.5. The number of likely N-dealkylation sites (N-methyl/N-ethyl adjacent to an activating group) is 1. The van der Waals surface area contributed by atoms with Crippen LogP contribution in [0.2, 0.25) is 0 Å². The van der Waals surface area contributed by atoms with E-state index in [1.165, 1.54) is 43.8 Å². The molecule has 0 bridgehead atoms. The van der Waals surface area contributed by atoms with E-state index >= 15 is 0 Å². The molecule has 0 radical (unpaired) electrons. The van der Waals surface area contributed by atoms with Crippen LogP contribution in [0.15, 0.2) is 78.0 Å². The maximum absolute atomic E-state index is 13.6. The van der Waals surface area contributed by atoms with Crippen molar-refractivity contribution in [2.45, 2.75) is 4.90 Å². The average Bonchev–Trinajstić information content (AvgIpc) is 2.79. The van der Waals surface area contributed by atoms with Crippen LogP contribution in [0.1, 0.15) is 11.1 Å². The summed E-state index contributed by atoms with van der Waals surface area (Å²) in [6.45, 7) is -0.102. The SMILES string of the molecule is COc1ccc(S(=O)(=O)N(C(=O)CN(C)C)c2ccccc2C=Cc2cc[n+]([O-])cc2)cc1.Cl. The van der Waals surface area contributed by atoms with E-state index in [0.717, 1.165) is 9.87 Å². The summed E-state index contributed by atoms with van der Waals surface area (Å²) in [5.74, 6) is -0.0884. The van der Waals surface area contributed by atoms with Crippen LogP contribution in [0.3, 0.4) is 0 Å². The monoisotopic (exact) mass is 503 g/mol. The van der Waals surface area contributed by atoms with Crippen LogP contribution in [0.5, 0.6) is 5.75 Å². The number of hydrogen-bond donors (Lipinski definition) is 0.